The Balaban J connectivity index is 2.30. The molecule has 0 radical (unpaired) electrons. The highest BCUT2D eigenvalue weighted by Gasteiger charge is 2.14. The Morgan fingerprint density at radius 1 is 0.682 bits per heavy atom. The number of phenolic OH excluding ortho intramolecular Hbond substituents is 1. The molecule has 1 heteroatoms. The highest BCUT2D eigenvalue weighted by Crippen LogP contribution is 2.39. The highest BCUT2D eigenvalue weighted by molar-refractivity contribution is 5.87. The first kappa shape index (κ1) is 14.4. The minimum absolute atomic E-state index is 0.371. The fourth-order valence-corrected chi connectivity index (χ4v) is 3.05. The first-order valence-corrected chi connectivity index (χ1v) is 7.54. The van der Waals surface area contributed by atoms with Crippen LogP contribution in [0.1, 0.15) is 16.7 Å². The molecular weight excluding hydrogens is 268 g/mol. The van der Waals surface area contributed by atoms with E-state index in [1.165, 1.54) is 22.3 Å². The fourth-order valence-electron chi connectivity index (χ4n) is 3.05. The van der Waals surface area contributed by atoms with E-state index in [1.807, 2.05) is 19.1 Å². The zero-order valence-corrected chi connectivity index (χ0v) is 13.2. The van der Waals surface area contributed by atoms with E-state index < -0.39 is 0 Å². The Kier molecular flexibility index (Phi) is 3.72. The van der Waals surface area contributed by atoms with Gasteiger partial charge in [0.2, 0.25) is 0 Å². The van der Waals surface area contributed by atoms with E-state index in [4.69, 9.17) is 0 Å². The Hall–Kier alpha value is -2.54. The van der Waals surface area contributed by atoms with Crippen LogP contribution in [0.5, 0.6) is 5.75 Å². The van der Waals surface area contributed by atoms with Crippen LogP contribution < -0.4 is 0 Å². The van der Waals surface area contributed by atoms with Crippen LogP contribution in [0.3, 0.4) is 0 Å². The fraction of sp³-hybridized carbons (Fsp3) is 0.143. The van der Waals surface area contributed by atoms with Crippen LogP contribution in [-0.4, -0.2) is 5.11 Å². The Labute approximate surface area is 131 Å². The van der Waals surface area contributed by atoms with Gasteiger partial charge in [0.1, 0.15) is 5.75 Å². The molecule has 0 aliphatic carbocycles. The van der Waals surface area contributed by atoms with Crippen molar-refractivity contribution in [1.29, 1.82) is 0 Å². The minimum atomic E-state index is 0.371. The largest absolute Gasteiger partial charge is 0.508 e. The molecule has 3 aromatic rings. The third-order valence-corrected chi connectivity index (χ3v) is 4.35. The van der Waals surface area contributed by atoms with Crippen molar-refractivity contribution in [2.45, 2.75) is 20.8 Å². The Morgan fingerprint density at radius 3 is 1.95 bits per heavy atom. The second-order valence-electron chi connectivity index (χ2n) is 5.75. The van der Waals surface area contributed by atoms with Crippen molar-refractivity contribution in [2.75, 3.05) is 0 Å². The van der Waals surface area contributed by atoms with Crippen LogP contribution >= 0.6 is 0 Å². The lowest BCUT2D eigenvalue weighted by molar-refractivity contribution is 0.470. The van der Waals surface area contributed by atoms with Gasteiger partial charge in [-0.05, 0) is 65.8 Å². The van der Waals surface area contributed by atoms with Crippen molar-refractivity contribution < 1.29 is 5.11 Å². The third kappa shape index (κ3) is 2.39. The lowest BCUT2D eigenvalue weighted by Gasteiger charge is -2.17. The van der Waals surface area contributed by atoms with Gasteiger partial charge in [0, 0.05) is 0 Å². The van der Waals surface area contributed by atoms with E-state index in [-0.39, 0.29) is 0 Å². The molecule has 0 amide bonds. The number of phenols is 1. The van der Waals surface area contributed by atoms with Crippen LogP contribution in [0.4, 0.5) is 0 Å². The monoisotopic (exact) mass is 288 g/mol. The van der Waals surface area contributed by atoms with Crippen molar-refractivity contribution in [3.8, 4) is 28.0 Å². The van der Waals surface area contributed by atoms with E-state index in [9.17, 15) is 5.11 Å². The summed E-state index contributed by atoms with van der Waals surface area (Å²) in [5.41, 5.74) is 8.05. The smallest absolute Gasteiger partial charge is 0.119 e. The van der Waals surface area contributed by atoms with Gasteiger partial charge in [-0.3, -0.25) is 0 Å². The minimum Gasteiger partial charge on any atom is -0.508 e. The summed E-state index contributed by atoms with van der Waals surface area (Å²) in [6, 6.07) is 20.8. The van der Waals surface area contributed by atoms with Gasteiger partial charge >= 0.3 is 0 Å². The molecule has 0 unspecified atom stereocenters. The number of hydrogen-bond acceptors (Lipinski definition) is 1. The topological polar surface area (TPSA) is 20.2 Å². The zero-order chi connectivity index (χ0) is 15.7. The summed E-state index contributed by atoms with van der Waals surface area (Å²) < 4.78 is 0. The molecule has 0 saturated heterocycles. The van der Waals surface area contributed by atoms with E-state index in [2.05, 4.69) is 62.4 Å². The lowest BCUT2D eigenvalue weighted by Crippen LogP contribution is -1.94. The average molecular weight is 288 g/mol. The maximum atomic E-state index is 10.0. The molecule has 22 heavy (non-hydrogen) atoms. The predicted octanol–water partition coefficient (Wildman–Crippen LogP) is 5.65. The first-order chi connectivity index (χ1) is 10.6. The summed E-state index contributed by atoms with van der Waals surface area (Å²) in [4.78, 5) is 0. The molecule has 0 aromatic heterocycles. The van der Waals surface area contributed by atoms with Gasteiger partial charge in [0.15, 0.2) is 0 Å². The van der Waals surface area contributed by atoms with Gasteiger partial charge < -0.3 is 5.11 Å². The number of benzene rings is 3. The van der Waals surface area contributed by atoms with Crippen LogP contribution in [0, 0.1) is 20.8 Å². The van der Waals surface area contributed by atoms with Crippen molar-refractivity contribution >= 4 is 0 Å². The quantitative estimate of drug-likeness (QED) is 0.646. The normalized spacial score (nSPS) is 10.7. The van der Waals surface area contributed by atoms with Crippen molar-refractivity contribution in [3.05, 3.63) is 77.4 Å². The molecule has 110 valence electrons. The van der Waals surface area contributed by atoms with Crippen LogP contribution in [0.25, 0.3) is 22.3 Å². The van der Waals surface area contributed by atoms with Gasteiger partial charge in [-0.1, -0.05) is 54.6 Å². The standard InChI is InChI=1S/C21H20O/c1-14-13-20(22)15(2)16(3)21(14)19-12-8-7-11-18(19)17-9-5-4-6-10-17/h4-13,22H,1-3H3. The maximum Gasteiger partial charge on any atom is 0.119 e. The molecule has 0 aliphatic heterocycles. The van der Waals surface area contributed by atoms with Crippen LogP contribution in [0.15, 0.2) is 60.7 Å². The summed E-state index contributed by atoms with van der Waals surface area (Å²) in [6.07, 6.45) is 0. The summed E-state index contributed by atoms with van der Waals surface area (Å²) in [6.45, 7) is 6.11. The number of aryl methyl sites for hydroxylation is 1. The molecule has 1 nitrogen and oxygen atoms in total. The maximum absolute atomic E-state index is 10.0. The molecular formula is C21H20O. The SMILES string of the molecule is Cc1cc(O)c(C)c(C)c1-c1ccccc1-c1ccccc1. The van der Waals surface area contributed by atoms with Crippen LogP contribution in [-0.2, 0) is 0 Å². The molecule has 3 rings (SSSR count). The lowest BCUT2D eigenvalue weighted by atomic mass is 9.87. The molecule has 0 spiro atoms. The third-order valence-electron chi connectivity index (χ3n) is 4.35. The second-order valence-corrected chi connectivity index (χ2v) is 5.75. The second kappa shape index (κ2) is 5.69. The molecule has 0 heterocycles. The average Bonchev–Trinajstić information content (AvgIpc) is 2.54. The van der Waals surface area contributed by atoms with Crippen molar-refractivity contribution in [3.63, 3.8) is 0 Å². The van der Waals surface area contributed by atoms with Gasteiger partial charge in [-0.15, -0.1) is 0 Å². The van der Waals surface area contributed by atoms with E-state index in [0.29, 0.717) is 5.75 Å². The zero-order valence-electron chi connectivity index (χ0n) is 13.2. The molecule has 0 fully saturated rings. The number of rotatable bonds is 2. The van der Waals surface area contributed by atoms with E-state index >= 15 is 0 Å². The summed E-state index contributed by atoms with van der Waals surface area (Å²) in [5.74, 6) is 0.371. The Morgan fingerprint density at radius 2 is 1.27 bits per heavy atom. The van der Waals surface area contributed by atoms with Crippen LogP contribution in [0.2, 0.25) is 0 Å². The predicted molar refractivity (Wildman–Crippen MR) is 93.2 cm³/mol. The van der Waals surface area contributed by atoms with E-state index in [0.717, 1.165) is 16.7 Å². The van der Waals surface area contributed by atoms with Gasteiger partial charge in [0.25, 0.3) is 0 Å². The first-order valence-electron chi connectivity index (χ1n) is 7.54. The van der Waals surface area contributed by atoms with Crippen molar-refractivity contribution in [2.24, 2.45) is 0 Å². The van der Waals surface area contributed by atoms with Crippen molar-refractivity contribution in [1.82, 2.24) is 0 Å². The molecule has 0 saturated carbocycles. The van der Waals surface area contributed by atoms with E-state index in [1.54, 1.807) is 0 Å². The molecule has 0 bridgehead atoms. The van der Waals surface area contributed by atoms with Gasteiger partial charge in [-0.2, -0.15) is 0 Å². The summed E-state index contributed by atoms with van der Waals surface area (Å²) in [7, 11) is 0. The molecule has 0 atom stereocenters. The highest BCUT2D eigenvalue weighted by atomic mass is 16.3. The number of aromatic hydroxyl groups is 1. The molecule has 3 aromatic carbocycles. The number of hydrogen-bond donors (Lipinski definition) is 1. The Bertz CT molecular complexity index is 817. The molecule has 0 aliphatic rings. The molecule has 1 N–H and O–H groups in total. The summed E-state index contributed by atoms with van der Waals surface area (Å²) >= 11 is 0. The summed E-state index contributed by atoms with van der Waals surface area (Å²) in [5, 5.41) is 10.0. The van der Waals surface area contributed by atoms with Gasteiger partial charge in [0.05, 0.1) is 0 Å². The van der Waals surface area contributed by atoms with Gasteiger partial charge in [-0.25, -0.2) is 0 Å².